The van der Waals surface area contributed by atoms with Gasteiger partial charge in [-0.3, -0.25) is 4.79 Å². The summed E-state index contributed by atoms with van der Waals surface area (Å²) in [7, 11) is 1.66. The van der Waals surface area contributed by atoms with Crippen LogP contribution in [0.1, 0.15) is 31.2 Å². The number of carbonyl (C=O) groups is 1. The van der Waals surface area contributed by atoms with Crippen molar-refractivity contribution >= 4 is 21.8 Å². The molecule has 2 unspecified atom stereocenters. The summed E-state index contributed by atoms with van der Waals surface area (Å²) in [5.74, 6) is 2.39. The zero-order valence-electron chi connectivity index (χ0n) is 12.6. The van der Waals surface area contributed by atoms with E-state index in [2.05, 4.69) is 21.2 Å². The predicted molar refractivity (Wildman–Crippen MR) is 88.9 cm³/mol. The Hall–Kier alpha value is -1.03. The van der Waals surface area contributed by atoms with Crippen LogP contribution in [0.25, 0.3) is 0 Å². The Morgan fingerprint density at radius 2 is 2.00 bits per heavy atom. The molecule has 0 bridgehead atoms. The monoisotopic (exact) mass is 353 g/mol. The van der Waals surface area contributed by atoms with Crippen LogP contribution in [0.3, 0.4) is 0 Å². The first-order valence-corrected chi connectivity index (χ1v) is 8.80. The van der Waals surface area contributed by atoms with Gasteiger partial charge in [0.15, 0.2) is 0 Å². The highest BCUT2D eigenvalue weighted by Gasteiger charge is 2.26. The minimum Gasteiger partial charge on any atom is -0.497 e. The number of benzene rings is 1. The van der Waals surface area contributed by atoms with Crippen LogP contribution in [0.5, 0.6) is 5.75 Å². The van der Waals surface area contributed by atoms with Crippen molar-refractivity contribution in [3.63, 3.8) is 0 Å². The number of halogens is 1. The number of ether oxygens (including phenoxy) is 1. The molecule has 1 aromatic carbocycles. The quantitative estimate of drug-likeness (QED) is 0.761. The Labute approximate surface area is 135 Å². The van der Waals surface area contributed by atoms with Crippen molar-refractivity contribution in [2.75, 3.05) is 19.0 Å². The molecule has 0 radical (unpaired) electrons. The Morgan fingerprint density at radius 1 is 1.29 bits per heavy atom. The zero-order valence-corrected chi connectivity index (χ0v) is 14.2. The fourth-order valence-electron chi connectivity index (χ4n) is 2.97. The van der Waals surface area contributed by atoms with Crippen LogP contribution in [0, 0.1) is 11.8 Å². The lowest BCUT2D eigenvalue weighted by Crippen LogP contribution is -2.31. The first-order chi connectivity index (χ1) is 10.2. The molecule has 1 aliphatic carbocycles. The number of methoxy groups -OCH3 is 1. The average Bonchev–Trinajstić information content (AvgIpc) is 2.99. The summed E-state index contributed by atoms with van der Waals surface area (Å²) in [6.07, 6.45) is 5.16. The molecule has 1 aliphatic rings. The normalized spacial score (nSPS) is 21.2. The molecule has 1 saturated carbocycles. The Bertz CT molecular complexity index is 447. The number of nitrogens with one attached hydrogen (secondary N) is 1. The Morgan fingerprint density at radius 3 is 2.67 bits per heavy atom. The van der Waals surface area contributed by atoms with E-state index >= 15 is 0 Å². The van der Waals surface area contributed by atoms with Crippen molar-refractivity contribution in [1.82, 2.24) is 5.32 Å². The van der Waals surface area contributed by atoms with E-state index in [1.807, 2.05) is 24.3 Å². The number of hydrogen-bond donors (Lipinski definition) is 1. The minimum absolute atomic E-state index is 0.158. The van der Waals surface area contributed by atoms with Gasteiger partial charge in [0.1, 0.15) is 5.75 Å². The molecule has 1 fully saturated rings. The second kappa shape index (κ2) is 8.42. The molecule has 1 amide bonds. The lowest BCUT2D eigenvalue weighted by molar-refractivity contribution is -0.121. The number of alkyl halides is 1. The van der Waals surface area contributed by atoms with Gasteiger partial charge in [-0.2, -0.15) is 0 Å². The van der Waals surface area contributed by atoms with E-state index in [0.29, 0.717) is 12.3 Å². The van der Waals surface area contributed by atoms with Crippen LogP contribution in [0.2, 0.25) is 0 Å². The SMILES string of the molecule is COc1ccc(CCC(=O)NCC2CCCC2CBr)cc1. The molecule has 21 heavy (non-hydrogen) atoms. The smallest absolute Gasteiger partial charge is 0.220 e. The number of hydrogen-bond acceptors (Lipinski definition) is 2. The summed E-state index contributed by atoms with van der Waals surface area (Å²) in [5, 5.41) is 4.15. The third-order valence-electron chi connectivity index (χ3n) is 4.38. The second-order valence-corrected chi connectivity index (χ2v) is 6.40. The van der Waals surface area contributed by atoms with Crippen LogP contribution in [0.15, 0.2) is 24.3 Å². The lowest BCUT2D eigenvalue weighted by atomic mass is 9.98. The van der Waals surface area contributed by atoms with Gasteiger partial charge < -0.3 is 10.1 Å². The molecule has 0 heterocycles. The number of carbonyl (C=O) groups excluding carboxylic acids is 1. The molecular weight excluding hydrogens is 330 g/mol. The summed E-state index contributed by atoms with van der Waals surface area (Å²) in [5.41, 5.74) is 1.17. The first-order valence-electron chi connectivity index (χ1n) is 7.68. The van der Waals surface area contributed by atoms with Gasteiger partial charge in [0.05, 0.1) is 7.11 Å². The van der Waals surface area contributed by atoms with Crippen LogP contribution >= 0.6 is 15.9 Å². The first kappa shape index (κ1) is 16.3. The van der Waals surface area contributed by atoms with E-state index in [0.717, 1.165) is 30.0 Å². The summed E-state index contributed by atoms with van der Waals surface area (Å²) >= 11 is 3.57. The largest absolute Gasteiger partial charge is 0.497 e. The molecule has 1 aromatic rings. The molecule has 2 rings (SSSR count). The standard InChI is InChI=1S/C17H24BrNO2/c1-21-16-8-5-13(6-9-16)7-10-17(20)19-12-15-4-2-3-14(15)11-18/h5-6,8-9,14-15H,2-4,7,10-12H2,1H3,(H,19,20). The topological polar surface area (TPSA) is 38.3 Å². The maximum absolute atomic E-state index is 11.9. The van der Waals surface area contributed by atoms with Gasteiger partial charge in [-0.1, -0.05) is 34.5 Å². The van der Waals surface area contributed by atoms with Crippen molar-refractivity contribution in [2.45, 2.75) is 32.1 Å². The van der Waals surface area contributed by atoms with Gasteiger partial charge in [0, 0.05) is 18.3 Å². The molecule has 0 aromatic heterocycles. The van der Waals surface area contributed by atoms with E-state index in [1.165, 1.54) is 24.8 Å². The summed E-state index contributed by atoms with van der Waals surface area (Å²) in [6.45, 7) is 0.831. The van der Waals surface area contributed by atoms with Gasteiger partial charge >= 0.3 is 0 Å². The molecule has 0 aliphatic heterocycles. The highest BCUT2D eigenvalue weighted by Crippen LogP contribution is 2.32. The van der Waals surface area contributed by atoms with Crippen molar-refractivity contribution in [3.05, 3.63) is 29.8 Å². The third kappa shape index (κ3) is 5.03. The highest BCUT2D eigenvalue weighted by atomic mass is 79.9. The molecule has 116 valence electrons. The number of aryl methyl sites for hydroxylation is 1. The van der Waals surface area contributed by atoms with Gasteiger partial charge in [-0.15, -0.1) is 0 Å². The van der Waals surface area contributed by atoms with E-state index < -0.39 is 0 Å². The maximum Gasteiger partial charge on any atom is 0.220 e. The molecular formula is C17H24BrNO2. The average molecular weight is 354 g/mol. The van der Waals surface area contributed by atoms with Gasteiger partial charge in [0.2, 0.25) is 5.91 Å². The second-order valence-electron chi connectivity index (χ2n) is 5.76. The molecule has 0 saturated heterocycles. The van der Waals surface area contributed by atoms with Crippen LogP contribution in [0.4, 0.5) is 0 Å². The molecule has 2 atom stereocenters. The summed E-state index contributed by atoms with van der Waals surface area (Å²) in [6, 6.07) is 7.91. The maximum atomic E-state index is 11.9. The van der Waals surface area contributed by atoms with Crippen molar-refractivity contribution < 1.29 is 9.53 Å². The fourth-order valence-corrected chi connectivity index (χ4v) is 3.82. The fraction of sp³-hybridized carbons (Fsp3) is 0.588. The molecule has 1 N–H and O–H groups in total. The van der Waals surface area contributed by atoms with Gasteiger partial charge in [-0.05, 0) is 48.8 Å². The van der Waals surface area contributed by atoms with E-state index in [-0.39, 0.29) is 5.91 Å². The molecule has 0 spiro atoms. The highest BCUT2D eigenvalue weighted by molar-refractivity contribution is 9.09. The minimum atomic E-state index is 0.158. The van der Waals surface area contributed by atoms with Crippen LogP contribution < -0.4 is 10.1 Å². The third-order valence-corrected chi connectivity index (χ3v) is 5.21. The Kier molecular flexibility index (Phi) is 6.55. The number of amides is 1. The zero-order chi connectivity index (χ0) is 15.1. The summed E-state index contributed by atoms with van der Waals surface area (Å²) in [4.78, 5) is 11.9. The van der Waals surface area contributed by atoms with Crippen molar-refractivity contribution in [2.24, 2.45) is 11.8 Å². The molecule has 3 nitrogen and oxygen atoms in total. The lowest BCUT2D eigenvalue weighted by Gasteiger charge is -2.17. The van der Waals surface area contributed by atoms with Crippen molar-refractivity contribution in [1.29, 1.82) is 0 Å². The van der Waals surface area contributed by atoms with E-state index in [9.17, 15) is 4.79 Å². The molecule has 4 heteroatoms. The Balaban J connectivity index is 1.69. The van der Waals surface area contributed by atoms with E-state index in [1.54, 1.807) is 7.11 Å². The van der Waals surface area contributed by atoms with Crippen LogP contribution in [-0.2, 0) is 11.2 Å². The van der Waals surface area contributed by atoms with Gasteiger partial charge in [-0.25, -0.2) is 0 Å². The van der Waals surface area contributed by atoms with Gasteiger partial charge in [0.25, 0.3) is 0 Å². The van der Waals surface area contributed by atoms with E-state index in [4.69, 9.17) is 4.74 Å². The van der Waals surface area contributed by atoms with Crippen LogP contribution in [-0.4, -0.2) is 24.9 Å². The number of rotatable bonds is 7. The van der Waals surface area contributed by atoms with Crippen molar-refractivity contribution in [3.8, 4) is 5.75 Å². The summed E-state index contributed by atoms with van der Waals surface area (Å²) < 4.78 is 5.13. The predicted octanol–water partition coefficient (Wildman–Crippen LogP) is 3.56.